The number of urea groups is 1. The highest BCUT2D eigenvalue weighted by Gasteiger charge is 2.02. The fourth-order valence-corrected chi connectivity index (χ4v) is 0.967. The zero-order chi connectivity index (χ0) is 12.6. The van der Waals surface area contributed by atoms with Gasteiger partial charge in [-0.25, -0.2) is 4.79 Å². The van der Waals surface area contributed by atoms with Crippen molar-refractivity contribution in [1.29, 1.82) is 0 Å². The molecule has 1 aromatic carbocycles. The molecule has 0 bridgehead atoms. The van der Waals surface area contributed by atoms with Crippen LogP contribution in [-0.2, 0) is 0 Å². The Morgan fingerprint density at radius 1 is 1.31 bits per heavy atom. The fourth-order valence-electron chi connectivity index (χ4n) is 0.967. The van der Waals surface area contributed by atoms with Crippen LogP contribution in [0.15, 0.2) is 18.2 Å². The van der Waals surface area contributed by atoms with E-state index < -0.39 is 0 Å². The highest BCUT2D eigenvalue weighted by molar-refractivity contribution is 5.89. The molecule has 5 heteroatoms. The third-order valence-corrected chi connectivity index (χ3v) is 1.61. The molecule has 0 fully saturated rings. The molecule has 16 heavy (non-hydrogen) atoms. The lowest BCUT2D eigenvalue weighted by atomic mass is 10.3. The number of rotatable bonds is 2. The average Bonchev–Trinajstić information content (AvgIpc) is 2.30. The first-order valence-corrected chi connectivity index (χ1v) is 5.02. The lowest BCUT2D eigenvalue weighted by molar-refractivity contribution is 0.254. The number of ether oxygens (including phenoxy) is 1. The molecule has 0 saturated heterocycles. The normalized spacial score (nSPS) is 8.50. The standard InChI is InChI=1S/C9H12N2O3.C2H6/c1-10-9(13)11-6-3-7(12)5-8(4-6)14-2;1-2/h3-5,12H,1-2H3,(H2,10,11,13);1-2H3. The number of amides is 2. The number of carbonyl (C=O) groups excluding carboxylic acids is 1. The smallest absolute Gasteiger partial charge is 0.318 e. The van der Waals surface area contributed by atoms with Crippen molar-refractivity contribution in [3.8, 4) is 11.5 Å². The van der Waals surface area contributed by atoms with Gasteiger partial charge in [0, 0.05) is 30.9 Å². The van der Waals surface area contributed by atoms with Gasteiger partial charge in [0.05, 0.1) is 7.11 Å². The van der Waals surface area contributed by atoms with Crippen molar-refractivity contribution in [3.63, 3.8) is 0 Å². The van der Waals surface area contributed by atoms with E-state index in [-0.39, 0.29) is 11.8 Å². The molecule has 0 unspecified atom stereocenters. The second kappa shape index (κ2) is 7.39. The maximum atomic E-state index is 10.9. The molecule has 2 amide bonds. The van der Waals surface area contributed by atoms with Crippen molar-refractivity contribution < 1.29 is 14.6 Å². The van der Waals surface area contributed by atoms with Crippen molar-refractivity contribution in [2.24, 2.45) is 0 Å². The van der Waals surface area contributed by atoms with Crippen LogP contribution in [0.2, 0.25) is 0 Å². The van der Waals surface area contributed by atoms with Crippen LogP contribution in [0.1, 0.15) is 13.8 Å². The summed E-state index contributed by atoms with van der Waals surface area (Å²) in [6.07, 6.45) is 0. The minimum atomic E-state index is -0.349. The molecule has 3 N–H and O–H groups in total. The van der Waals surface area contributed by atoms with Crippen LogP contribution in [0, 0.1) is 0 Å². The third kappa shape index (κ3) is 4.54. The molecule has 1 rings (SSSR count). The minimum Gasteiger partial charge on any atom is -0.508 e. The number of aromatic hydroxyl groups is 1. The van der Waals surface area contributed by atoms with Gasteiger partial charge in [-0.05, 0) is 0 Å². The molecule has 0 radical (unpaired) electrons. The van der Waals surface area contributed by atoms with Gasteiger partial charge in [-0.15, -0.1) is 0 Å². The topological polar surface area (TPSA) is 70.6 Å². The molecule has 1 aromatic rings. The van der Waals surface area contributed by atoms with E-state index >= 15 is 0 Å². The number of phenols is 1. The summed E-state index contributed by atoms with van der Waals surface area (Å²) in [5, 5.41) is 14.2. The second-order valence-electron chi connectivity index (χ2n) is 2.62. The number of phenolic OH excluding ortho intramolecular Hbond substituents is 1. The van der Waals surface area contributed by atoms with Gasteiger partial charge in [-0.3, -0.25) is 0 Å². The Morgan fingerprint density at radius 3 is 2.44 bits per heavy atom. The Hall–Kier alpha value is -1.91. The Balaban J connectivity index is 0.00000106. The lowest BCUT2D eigenvalue weighted by Crippen LogP contribution is -2.24. The SMILES string of the molecule is CC.CNC(=O)Nc1cc(O)cc(OC)c1. The molecule has 0 aliphatic heterocycles. The summed E-state index contributed by atoms with van der Waals surface area (Å²) in [6.45, 7) is 4.00. The zero-order valence-electron chi connectivity index (χ0n) is 10.00. The number of hydrogen-bond donors (Lipinski definition) is 3. The van der Waals surface area contributed by atoms with Crippen molar-refractivity contribution in [2.75, 3.05) is 19.5 Å². The summed E-state index contributed by atoms with van der Waals surface area (Å²) >= 11 is 0. The summed E-state index contributed by atoms with van der Waals surface area (Å²) in [7, 11) is 2.99. The highest BCUT2D eigenvalue weighted by Crippen LogP contribution is 2.24. The fraction of sp³-hybridized carbons (Fsp3) is 0.364. The van der Waals surface area contributed by atoms with Gasteiger partial charge in [0.25, 0.3) is 0 Å². The van der Waals surface area contributed by atoms with Gasteiger partial charge in [0.1, 0.15) is 11.5 Å². The molecule has 90 valence electrons. The molecule has 0 aromatic heterocycles. The summed E-state index contributed by atoms with van der Waals surface area (Å²) < 4.78 is 4.92. The second-order valence-corrected chi connectivity index (χ2v) is 2.62. The Morgan fingerprint density at radius 2 is 1.94 bits per heavy atom. The van der Waals surface area contributed by atoms with E-state index in [2.05, 4.69) is 10.6 Å². The van der Waals surface area contributed by atoms with E-state index in [1.165, 1.54) is 26.3 Å². The van der Waals surface area contributed by atoms with Crippen LogP contribution < -0.4 is 15.4 Å². The van der Waals surface area contributed by atoms with Gasteiger partial charge in [0.15, 0.2) is 0 Å². The number of hydrogen-bond acceptors (Lipinski definition) is 3. The van der Waals surface area contributed by atoms with Gasteiger partial charge < -0.3 is 20.5 Å². The van der Waals surface area contributed by atoms with Gasteiger partial charge in [-0.1, -0.05) is 13.8 Å². The maximum Gasteiger partial charge on any atom is 0.318 e. The van der Waals surface area contributed by atoms with E-state index in [1.807, 2.05) is 13.8 Å². The average molecular weight is 226 g/mol. The van der Waals surface area contributed by atoms with E-state index in [0.717, 1.165) is 0 Å². The predicted octanol–water partition coefficient (Wildman–Crippen LogP) is 2.18. The van der Waals surface area contributed by atoms with Crippen molar-refractivity contribution >= 4 is 11.7 Å². The quantitative estimate of drug-likeness (QED) is 0.723. The van der Waals surface area contributed by atoms with Crippen molar-refractivity contribution in [1.82, 2.24) is 5.32 Å². The Bertz CT molecular complexity index is 340. The molecule has 0 spiro atoms. The minimum absolute atomic E-state index is 0.0377. The largest absolute Gasteiger partial charge is 0.508 e. The van der Waals surface area contributed by atoms with Crippen LogP contribution >= 0.6 is 0 Å². The molecule has 0 atom stereocenters. The van der Waals surface area contributed by atoms with Gasteiger partial charge in [-0.2, -0.15) is 0 Å². The number of benzene rings is 1. The van der Waals surface area contributed by atoms with Crippen molar-refractivity contribution in [3.05, 3.63) is 18.2 Å². The van der Waals surface area contributed by atoms with Crippen LogP contribution in [0.25, 0.3) is 0 Å². The van der Waals surface area contributed by atoms with E-state index in [9.17, 15) is 9.90 Å². The molecule has 0 saturated carbocycles. The van der Waals surface area contributed by atoms with E-state index in [1.54, 1.807) is 6.07 Å². The van der Waals surface area contributed by atoms with Gasteiger partial charge in [0.2, 0.25) is 0 Å². The number of anilines is 1. The van der Waals surface area contributed by atoms with E-state index in [0.29, 0.717) is 11.4 Å². The molecule has 0 aliphatic carbocycles. The molecule has 0 heterocycles. The zero-order valence-corrected chi connectivity index (χ0v) is 10.00. The summed E-state index contributed by atoms with van der Waals surface area (Å²) in [4.78, 5) is 10.9. The summed E-state index contributed by atoms with van der Waals surface area (Å²) in [6, 6.07) is 4.14. The molecular formula is C11H18N2O3. The predicted molar refractivity (Wildman–Crippen MR) is 64.1 cm³/mol. The third-order valence-electron chi connectivity index (χ3n) is 1.61. The number of nitrogens with one attached hydrogen (secondary N) is 2. The maximum absolute atomic E-state index is 10.9. The van der Waals surface area contributed by atoms with Crippen LogP contribution in [0.5, 0.6) is 11.5 Å². The number of carbonyl (C=O) groups is 1. The molecular weight excluding hydrogens is 208 g/mol. The first-order chi connectivity index (χ1) is 7.65. The van der Waals surface area contributed by atoms with Crippen LogP contribution in [0.3, 0.4) is 0 Å². The Kier molecular flexibility index (Phi) is 6.51. The first-order valence-electron chi connectivity index (χ1n) is 5.02. The monoisotopic (exact) mass is 226 g/mol. The summed E-state index contributed by atoms with van der Waals surface area (Å²) in [5.41, 5.74) is 0.473. The highest BCUT2D eigenvalue weighted by atomic mass is 16.5. The van der Waals surface area contributed by atoms with Crippen LogP contribution in [0.4, 0.5) is 10.5 Å². The molecule has 0 aliphatic rings. The van der Waals surface area contributed by atoms with Crippen LogP contribution in [-0.4, -0.2) is 25.3 Å². The summed E-state index contributed by atoms with van der Waals surface area (Å²) in [5.74, 6) is 0.521. The van der Waals surface area contributed by atoms with Gasteiger partial charge >= 0.3 is 6.03 Å². The molecule has 5 nitrogen and oxygen atoms in total. The first kappa shape index (κ1) is 14.1. The van der Waals surface area contributed by atoms with E-state index in [4.69, 9.17) is 4.74 Å². The number of methoxy groups -OCH3 is 1. The van der Waals surface area contributed by atoms with Crippen molar-refractivity contribution in [2.45, 2.75) is 13.8 Å². The Labute approximate surface area is 95.4 Å². The lowest BCUT2D eigenvalue weighted by Gasteiger charge is -2.07.